The van der Waals surface area contributed by atoms with Gasteiger partial charge in [-0.05, 0) is 84.1 Å². The normalized spacial score (nSPS) is 14.2. The molecule has 7 nitrogen and oxygen atoms in total. The first kappa shape index (κ1) is 27.8. The summed E-state index contributed by atoms with van der Waals surface area (Å²) in [6.07, 6.45) is 1.36. The lowest BCUT2D eigenvalue weighted by atomic mass is 9.86. The quantitative estimate of drug-likeness (QED) is 0.360. The van der Waals surface area contributed by atoms with Gasteiger partial charge in [0.1, 0.15) is 11.4 Å². The number of benzene rings is 1. The van der Waals surface area contributed by atoms with Crippen LogP contribution in [0, 0.1) is 19.7 Å². The van der Waals surface area contributed by atoms with Crippen molar-refractivity contribution < 1.29 is 28.2 Å². The molecule has 0 aliphatic carbocycles. The summed E-state index contributed by atoms with van der Waals surface area (Å²) in [4.78, 5) is 29.8. The van der Waals surface area contributed by atoms with Crippen LogP contribution in [0.1, 0.15) is 74.7 Å². The Labute approximate surface area is 223 Å². The lowest BCUT2D eigenvalue weighted by Crippen LogP contribution is -2.29. The number of rotatable bonds is 7. The highest BCUT2D eigenvalue weighted by Gasteiger charge is 2.35. The third-order valence-electron chi connectivity index (χ3n) is 7.09. The van der Waals surface area contributed by atoms with Crippen LogP contribution in [-0.4, -0.2) is 40.6 Å². The maximum atomic E-state index is 15.5. The smallest absolute Gasteiger partial charge is 0.339 e. The minimum atomic E-state index is -1.08. The average molecular weight is 525 g/mol. The predicted molar refractivity (Wildman–Crippen MR) is 144 cm³/mol. The highest BCUT2D eigenvalue weighted by atomic mass is 19.1. The minimum Gasteiger partial charge on any atom is -0.490 e. The van der Waals surface area contributed by atoms with E-state index in [-0.39, 0.29) is 5.78 Å². The molecule has 1 aromatic carbocycles. The monoisotopic (exact) mass is 524 g/mol. The van der Waals surface area contributed by atoms with E-state index >= 15 is 4.39 Å². The van der Waals surface area contributed by atoms with Gasteiger partial charge in [0.05, 0.1) is 19.3 Å². The number of methoxy groups -OCH3 is 1. The molecule has 0 bridgehead atoms. The van der Waals surface area contributed by atoms with Crippen molar-refractivity contribution in [2.45, 2.75) is 78.9 Å². The van der Waals surface area contributed by atoms with E-state index in [0.29, 0.717) is 59.7 Å². The van der Waals surface area contributed by atoms with Crippen molar-refractivity contribution in [1.82, 2.24) is 9.55 Å². The molecule has 1 aliphatic heterocycles. The van der Waals surface area contributed by atoms with Gasteiger partial charge in [-0.1, -0.05) is 0 Å². The molecule has 3 heterocycles. The number of ketones is 1. The van der Waals surface area contributed by atoms with E-state index in [1.807, 2.05) is 52.3 Å². The standard InChI is InChI=1S/C30H37FN2O5/c1-16(34)11-12-19-14-22-25(21-15-23(31)26-20(17(21)2)10-9-13-37-26)24(18(3)32-28(22)33(19)7)27(29(35)36-8)38-30(4,5)6/h14-15,27H,9-13H2,1-8H3. The van der Waals surface area contributed by atoms with Crippen LogP contribution in [-0.2, 0) is 39.0 Å². The summed E-state index contributed by atoms with van der Waals surface area (Å²) in [6, 6.07) is 3.48. The Morgan fingerprint density at radius 2 is 1.95 bits per heavy atom. The first-order valence-electron chi connectivity index (χ1n) is 13.0. The molecule has 0 spiro atoms. The van der Waals surface area contributed by atoms with Crippen LogP contribution in [0.15, 0.2) is 12.1 Å². The van der Waals surface area contributed by atoms with Crippen LogP contribution < -0.4 is 4.74 Å². The SMILES string of the molecule is COC(=O)C(OC(C)(C)C)c1c(C)nc2c(cc(CCC(C)=O)n2C)c1-c1cc(F)c2c(c1C)CCCO2. The molecule has 1 atom stereocenters. The number of fused-ring (bicyclic) bond motifs is 2. The lowest BCUT2D eigenvalue weighted by Gasteiger charge is -2.29. The summed E-state index contributed by atoms with van der Waals surface area (Å²) < 4.78 is 34.6. The van der Waals surface area contributed by atoms with Crippen LogP contribution in [0.5, 0.6) is 5.75 Å². The van der Waals surface area contributed by atoms with Crippen molar-refractivity contribution in [2.24, 2.45) is 7.05 Å². The number of carbonyl (C=O) groups excluding carboxylic acids is 2. The largest absolute Gasteiger partial charge is 0.490 e. The van der Waals surface area contributed by atoms with Gasteiger partial charge in [-0.3, -0.25) is 0 Å². The number of hydrogen-bond acceptors (Lipinski definition) is 6. The molecule has 2 aromatic heterocycles. The van der Waals surface area contributed by atoms with E-state index in [0.717, 1.165) is 28.6 Å². The Morgan fingerprint density at radius 3 is 2.58 bits per heavy atom. The maximum Gasteiger partial charge on any atom is 0.339 e. The average Bonchev–Trinajstić information content (AvgIpc) is 3.16. The number of pyridine rings is 1. The molecule has 4 rings (SSSR count). The summed E-state index contributed by atoms with van der Waals surface area (Å²) >= 11 is 0. The zero-order chi connectivity index (χ0) is 27.9. The Morgan fingerprint density at radius 1 is 1.24 bits per heavy atom. The first-order valence-corrected chi connectivity index (χ1v) is 13.0. The predicted octanol–water partition coefficient (Wildman–Crippen LogP) is 5.87. The minimum absolute atomic E-state index is 0.0947. The van der Waals surface area contributed by atoms with Crippen molar-refractivity contribution in [1.29, 1.82) is 0 Å². The third-order valence-corrected chi connectivity index (χ3v) is 7.09. The molecule has 0 amide bonds. The fraction of sp³-hybridized carbons (Fsp3) is 0.500. The summed E-state index contributed by atoms with van der Waals surface area (Å²) in [5.41, 5.74) is 5.13. The van der Waals surface area contributed by atoms with Crippen LogP contribution in [0.4, 0.5) is 4.39 Å². The topological polar surface area (TPSA) is 79.7 Å². The van der Waals surface area contributed by atoms with Gasteiger partial charge in [0.2, 0.25) is 0 Å². The molecule has 0 saturated heterocycles. The summed E-state index contributed by atoms with van der Waals surface area (Å²) in [7, 11) is 3.23. The molecular weight excluding hydrogens is 487 g/mol. The van der Waals surface area contributed by atoms with Gasteiger partial charge in [0.15, 0.2) is 17.7 Å². The second-order valence-corrected chi connectivity index (χ2v) is 11.0. The molecule has 0 N–H and O–H groups in total. The van der Waals surface area contributed by atoms with Crippen LogP contribution in [0.3, 0.4) is 0 Å². The summed E-state index contributed by atoms with van der Waals surface area (Å²) in [6.45, 7) is 11.4. The van der Waals surface area contributed by atoms with Gasteiger partial charge in [0.25, 0.3) is 0 Å². The van der Waals surface area contributed by atoms with Gasteiger partial charge in [0, 0.05) is 46.9 Å². The number of hydrogen-bond donors (Lipinski definition) is 0. The van der Waals surface area contributed by atoms with E-state index in [1.165, 1.54) is 13.2 Å². The van der Waals surface area contributed by atoms with Gasteiger partial charge in [-0.2, -0.15) is 0 Å². The van der Waals surface area contributed by atoms with E-state index in [9.17, 15) is 9.59 Å². The maximum absolute atomic E-state index is 15.5. The van der Waals surface area contributed by atoms with Crippen molar-refractivity contribution in [3.05, 3.63) is 46.0 Å². The number of carbonyl (C=O) groups is 2. The van der Waals surface area contributed by atoms with E-state index in [4.69, 9.17) is 19.2 Å². The molecule has 1 unspecified atom stereocenters. The van der Waals surface area contributed by atoms with Gasteiger partial charge >= 0.3 is 5.97 Å². The number of esters is 1. The van der Waals surface area contributed by atoms with E-state index < -0.39 is 23.5 Å². The van der Waals surface area contributed by atoms with Crippen molar-refractivity contribution >= 4 is 22.8 Å². The molecule has 0 radical (unpaired) electrons. The Balaban J connectivity index is 2.11. The number of aryl methyl sites for hydroxylation is 3. The molecule has 8 heteroatoms. The fourth-order valence-corrected chi connectivity index (χ4v) is 5.27. The Bertz CT molecular complexity index is 1420. The highest BCUT2D eigenvalue weighted by Crippen LogP contribution is 2.45. The third kappa shape index (κ3) is 5.19. The second kappa shape index (κ2) is 10.5. The van der Waals surface area contributed by atoms with Crippen LogP contribution >= 0.6 is 0 Å². The van der Waals surface area contributed by atoms with E-state index in [2.05, 4.69) is 0 Å². The van der Waals surface area contributed by atoms with Crippen molar-refractivity contribution in [3.8, 4) is 16.9 Å². The second-order valence-electron chi connectivity index (χ2n) is 11.0. The number of ether oxygens (including phenoxy) is 3. The molecule has 0 saturated carbocycles. The summed E-state index contributed by atoms with van der Waals surface area (Å²) in [5, 5.41) is 0.761. The fourth-order valence-electron chi connectivity index (χ4n) is 5.27. The Kier molecular flexibility index (Phi) is 7.66. The molecule has 3 aromatic rings. The zero-order valence-electron chi connectivity index (χ0n) is 23.6. The van der Waals surface area contributed by atoms with Crippen LogP contribution in [0.2, 0.25) is 0 Å². The van der Waals surface area contributed by atoms with Crippen molar-refractivity contribution in [2.75, 3.05) is 13.7 Å². The number of Topliss-reactive ketones (excluding diaryl/α,β-unsaturated/α-hetero) is 1. The Hall–Kier alpha value is -3.26. The number of halogens is 1. The van der Waals surface area contributed by atoms with Gasteiger partial charge in [-0.15, -0.1) is 0 Å². The summed E-state index contributed by atoms with van der Waals surface area (Å²) in [5.74, 6) is -0.602. The number of aromatic nitrogens is 2. The molecule has 0 fully saturated rings. The van der Waals surface area contributed by atoms with Gasteiger partial charge in [-0.25, -0.2) is 14.2 Å². The molecule has 204 valence electrons. The van der Waals surface area contributed by atoms with Crippen LogP contribution in [0.25, 0.3) is 22.2 Å². The zero-order valence-corrected chi connectivity index (χ0v) is 23.6. The molecular formula is C30H37FN2O5. The van der Waals surface area contributed by atoms with Crippen molar-refractivity contribution in [3.63, 3.8) is 0 Å². The molecule has 38 heavy (non-hydrogen) atoms. The lowest BCUT2D eigenvalue weighted by molar-refractivity contribution is -0.164. The van der Waals surface area contributed by atoms with E-state index in [1.54, 1.807) is 6.92 Å². The van der Waals surface area contributed by atoms with Gasteiger partial charge < -0.3 is 23.6 Å². The molecule has 1 aliphatic rings. The highest BCUT2D eigenvalue weighted by molar-refractivity contribution is 5.99. The first-order chi connectivity index (χ1) is 17.8. The number of nitrogens with zero attached hydrogens (tertiary/aromatic N) is 2.